The van der Waals surface area contributed by atoms with E-state index in [1.54, 1.807) is 38.3 Å². The molecule has 9 nitrogen and oxygen atoms in total. The van der Waals surface area contributed by atoms with Gasteiger partial charge in [0.05, 0.1) is 18.2 Å². The van der Waals surface area contributed by atoms with E-state index in [4.69, 9.17) is 18.6 Å². The van der Waals surface area contributed by atoms with Gasteiger partial charge in [-0.1, -0.05) is 6.07 Å². The van der Waals surface area contributed by atoms with E-state index in [-0.39, 0.29) is 35.9 Å². The number of carbonyl (C=O) groups is 1. The van der Waals surface area contributed by atoms with Crippen LogP contribution < -0.4 is 19.5 Å². The molecule has 3 aliphatic rings. The fourth-order valence-corrected chi connectivity index (χ4v) is 4.75. The number of nitrogens with one attached hydrogen (secondary N) is 1. The van der Waals surface area contributed by atoms with Crippen molar-refractivity contribution >= 4 is 5.91 Å². The van der Waals surface area contributed by atoms with Crippen molar-refractivity contribution < 1.29 is 27.8 Å². The summed E-state index contributed by atoms with van der Waals surface area (Å²) in [5.74, 6) is 1.81. The SMILES string of the molecule is COc1ccc(OCc2nnc(C34CC(NC(=O)COc5ccc(C)c(F)c5)(C3)C4)o2)c(C)n1. The zero-order valence-corrected chi connectivity index (χ0v) is 19.2. The summed E-state index contributed by atoms with van der Waals surface area (Å²) < 4.78 is 35.7. The summed E-state index contributed by atoms with van der Waals surface area (Å²) >= 11 is 0. The van der Waals surface area contributed by atoms with Crippen LogP contribution in [-0.4, -0.2) is 40.3 Å². The topological polar surface area (TPSA) is 109 Å². The Morgan fingerprint density at radius 2 is 1.94 bits per heavy atom. The second-order valence-corrected chi connectivity index (χ2v) is 9.07. The Labute approximate surface area is 195 Å². The number of amides is 1. The number of hydrogen-bond donors (Lipinski definition) is 1. The smallest absolute Gasteiger partial charge is 0.258 e. The standard InChI is InChI=1S/C24H25FN4O5/c1-14-4-5-16(8-17(14)25)32-9-19(30)27-24-11-23(12-24,13-24)22-29-28-21(34-22)10-33-18-6-7-20(31-3)26-15(18)2/h4-8H,9-13H2,1-3H3,(H,27,30). The van der Waals surface area contributed by atoms with Gasteiger partial charge >= 0.3 is 0 Å². The molecule has 10 heteroatoms. The minimum atomic E-state index is -0.362. The third kappa shape index (κ3) is 4.04. The van der Waals surface area contributed by atoms with Gasteiger partial charge in [-0.25, -0.2) is 9.37 Å². The van der Waals surface area contributed by atoms with Gasteiger partial charge in [0.25, 0.3) is 11.8 Å². The van der Waals surface area contributed by atoms with Gasteiger partial charge in [0, 0.05) is 17.7 Å². The number of nitrogens with zero attached hydrogens (tertiary/aromatic N) is 3. The summed E-state index contributed by atoms with van der Waals surface area (Å²) in [6.45, 7) is 3.47. The largest absolute Gasteiger partial charge is 0.484 e. The Kier molecular flexibility index (Phi) is 5.38. The third-order valence-corrected chi connectivity index (χ3v) is 6.44. The molecule has 0 spiro atoms. The molecule has 2 heterocycles. The minimum absolute atomic E-state index is 0.136. The molecule has 0 atom stereocenters. The van der Waals surface area contributed by atoms with E-state index >= 15 is 0 Å². The van der Waals surface area contributed by atoms with Crippen molar-refractivity contribution in [2.24, 2.45) is 0 Å². The first-order chi connectivity index (χ1) is 16.3. The monoisotopic (exact) mass is 468 g/mol. The first-order valence-corrected chi connectivity index (χ1v) is 11.0. The lowest BCUT2D eigenvalue weighted by Gasteiger charge is -2.68. The van der Waals surface area contributed by atoms with Crippen molar-refractivity contribution in [1.29, 1.82) is 0 Å². The van der Waals surface area contributed by atoms with E-state index in [0.717, 1.165) is 19.3 Å². The van der Waals surface area contributed by atoms with Crippen molar-refractivity contribution in [3.05, 3.63) is 59.2 Å². The van der Waals surface area contributed by atoms with Gasteiger partial charge in [0.2, 0.25) is 11.8 Å². The Hall–Kier alpha value is -3.69. The highest BCUT2D eigenvalue weighted by atomic mass is 19.1. The van der Waals surface area contributed by atoms with E-state index in [9.17, 15) is 9.18 Å². The van der Waals surface area contributed by atoms with Crippen molar-refractivity contribution in [2.75, 3.05) is 13.7 Å². The molecule has 34 heavy (non-hydrogen) atoms. The number of rotatable bonds is 9. The Morgan fingerprint density at radius 1 is 1.15 bits per heavy atom. The molecule has 1 amide bonds. The van der Waals surface area contributed by atoms with Crippen LogP contribution >= 0.6 is 0 Å². The average Bonchev–Trinajstić information content (AvgIpc) is 3.23. The predicted molar refractivity (Wildman–Crippen MR) is 117 cm³/mol. The molecular weight excluding hydrogens is 443 g/mol. The van der Waals surface area contributed by atoms with Crippen LogP contribution in [0.1, 0.15) is 42.3 Å². The van der Waals surface area contributed by atoms with Crippen LogP contribution in [-0.2, 0) is 16.8 Å². The Balaban J connectivity index is 1.10. The molecule has 178 valence electrons. The summed E-state index contributed by atoms with van der Waals surface area (Å²) in [4.78, 5) is 16.6. The summed E-state index contributed by atoms with van der Waals surface area (Å²) in [6.07, 6.45) is 2.19. The second kappa shape index (κ2) is 8.27. The van der Waals surface area contributed by atoms with Crippen LogP contribution in [0.4, 0.5) is 4.39 Å². The van der Waals surface area contributed by atoms with Gasteiger partial charge in [-0.2, -0.15) is 0 Å². The number of hydrogen-bond acceptors (Lipinski definition) is 8. The predicted octanol–water partition coefficient (Wildman–Crippen LogP) is 3.18. The normalized spacial score (nSPS) is 22.4. The summed E-state index contributed by atoms with van der Waals surface area (Å²) in [6, 6.07) is 8.05. The van der Waals surface area contributed by atoms with Crippen LogP contribution in [0.25, 0.3) is 0 Å². The summed E-state index contributed by atoms with van der Waals surface area (Å²) in [5.41, 5.74) is 0.764. The van der Waals surface area contributed by atoms with E-state index in [1.807, 2.05) is 6.92 Å². The molecule has 0 unspecified atom stereocenters. The van der Waals surface area contributed by atoms with Crippen LogP contribution in [0.2, 0.25) is 0 Å². The summed E-state index contributed by atoms with van der Waals surface area (Å²) in [7, 11) is 1.56. The highest BCUT2D eigenvalue weighted by molar-refractivity contribution is 5.79. The number of ether oxygens (including phenoxy) is 3. The van der Waals surface area contributed by atoms with Gasteiger partial charge in [0.1, 0.15) is 17.3 Å². The van der Waals surface area contributed by atoms with Crippen LogP contribution in [0.15, 0.2) is 34.7 Å². The van der Waals surface area contributed by atoms with E-state index < -0.39 is 0 Å². The zero-order chi connectivity index (χ0) is 23.9. The molecule has 2 aromatic heterocycles. The van der Waals surface area contributed by atoms with E-state index in [1.165, 1.54) is 6.07 Å². The Morgan fingerprint density at radius 3 is 2.65 bits per heavy atom. The van der Waals surface area contributed by atoms with Crippen molar-refractivity contribution in [1.82, 2.24) is 20.5 Å². The number of methoxy groups -OCH3 is 1. The first-order valence-electron chi connectivity index (χ1n) is 11.0. The average molecular weight is 468 g/mol. The molecule has 1 N–H and O–H groups in total. The van der Waals surface area contributed by atoms with Crippen molar-refractivity contribution in [2.45, 2.75) is 50.7 Å². The molecule has 0 radical (unpaired) electrons. The number of aryl methyl sites for hydroxylation is 2. The zero-order valence-electron chi connectivity index (χ0n) is 19.2. The number of aromatic nitrogens is 3. The molecular formula is C24H25FN4O5. The van der Waals surface area contributed by atoms with Crippen molar-refractivity contribution in [3.63, 3.8) is 0 Å². The Bertz CT molecular complexity index is 1220. The number of benzene rings is 1. The number of pyridine rings is 1. The van der Waals surface area contributed by atoms with Gasteiger partial charge in [0.15, 0.2) is 13.2 Å². The van der Waals surface area contributed by atoms with Crippen LogP contribution in [0.5, 0.6) is 17.4 Å². The summed E-state index contributed by atoms with van der Waals surface area (Å²) in [5, 5.41) is 11.3. The second-order valence-electron chi connectivity index (χ2n) is 9.07. The van der Waals surface area contributed by atoms with Crippen molar-refractivity contribution in [3.8, 4) is 17.4 Å². The van der Waals surface area contributed by atoms with Crippen LogP contribution in [0.3, 0.4) is 0 Å². The lowest BCUT2D eigenvalue weighted by molar-refractivity contribution is -0.143. The number of halogens is 1. The van der Waals surface area contributed by atoms with Gasteiger partial charge < -0.3 is 23.9 Å². The highest BCUT2D eigenvalue weighted by Crippen LogP contribution is 2.67. The molecule has 6 rings (SSSR count). The molecule has 2 bridgehead atoms. The van der Waals surface area contributed by atoms with E-state index in [2.05, 4.69) is 20.5 Å². The maximum atomic E-state index is 13.6. The molecule has 3 saturated carbocycles. The van der Waals surface area contributed by atoms with Crippen LogP contribution in [0, 0.1) is 19.7 Å². The van der Waals surface area contributed by atoms with E-state index in [0.29, 0.717) is 40.4 Å². The number of carbonyl (C=O) groups excluding carboxylic acids is 1. The highest BCUT2D eigenvalue weighted by Gasteiger charge is 2.71. The van der Waals surface area contributed by atoms with Gasteiger partial charge in [-0.3, -0.25) is 4.79 Å². The fourth-order valence-electron chi connectivity index (χ4n) is 4.75. The molecule has 3 fully saturated rings. The molecule has 0 saturated heterocycles. The quantitative estimate of drug-likeness (QED) is 0.510. The first kappa shape index (κ1) is 22.1. The third-order valence-electron chi connectivity index (χ3n) is 6.44. The lowest BCUT2D eigenvalue weighted by atomic mass is 9.39. The molecule has 3 aromatic rings. The minimum Gasteiger partial charge on any atom is -0.484 e. The van der Waals surface area contributed by atoms with Gasteiger partial charge in [-0.05, 0) is 50.8 Å². The molecule has 3 aliphatic carbocycles. The fraction of sp³-hybridized carbons (Fsp3) is 0.417. The molecule has 0 aliphatic heterocycles. The lowest BCUT2D eigenvalue weighted by Crippen LogP contribution is -2.77. The maximum Gasteiger partial charge on any atom is 0.258 e. The molecule has 1 aromatic carbocycles. The maximum absolute atomic E-state index is 13.6. The van der Waals surface area contributed by atoms with Gasteiger partial charge in [-0.15, -0.1) is 10.2 Å².